The van der Waals surface area contributed by atoms with Crippen molar-refractivity contribution >= 4 is 27.7 Å². The van der Waals surface area contributed by atoms with Gasteiger partial charge in [-0.3, -0.25) is 4.68 Å². The quantitative estimate of drug-likeness (QED) is 0.510. The SMILES string of the molecule is Cn1cc(CN2C(=O)C3=CC(S(=O)(=O)NC4(CF)CC4)C=CC3=[N+](Cc3cccc(C#N)n3)C2=O)cn1. The largest absolute Gasteiger partial charge is 0.502 e. The zero-order valence-electron chi connectivity index (χ0n) is 19.8. The summed E-state index contributed by atoms with van der Waals surface area (Å²) in [5.74, 6) is -0.657. The highest BCUT2D eigenvalue weighted by Crippen LogP contribution is 2.37. The van der Waals surface area contributed by atoms with Crippen LogP contribution in [-0.2, 0) is 35.0 Å². The lowest BCUT2D eigenvalue weighted by Gasteiger charge is -2.26. The Morgan fingerprint density at radius 1 is 1.32 bits per heavy atom. The van der Waals surface area contributed by atoms with Crippen LogP contribution in [0.5, 0.6) is 0 Å². The highest BCUT2D eigenvalue weighted by molar-refractivity contribution is 7.90. The summed E-state index contributed by atoms with van der Waals surface area (Å²) in [4.78, 5) is 32.3. The topological polar surface area (TPSA) is 141 Å². The van der Waals surface area contributed by atoms with Gasteiger partial charge in [-0.15, -0.1) is 0 Å². The first-order chi connectivity index (χ1) is 17.6. The number of carbonyl (C=O) groups is 2. The van der Waals surface area contributed by atoms with Crippen LogP contribution in [0.2, 0.25) is 0 Å². The Morgan fingerprint density at radius 2 is 2.11 bits per heavy atom. The number of nitriles is 1. The van der Waals surface area contributed by atoms with Crippen LogP contribution in [0.15, 0.2) is 54.4 Å². The number of amides is 3. The lowest BCUT2D eigenvalue weighted by molar-refractivity contribution is -0.454. The van der Waals surface area contributed by atoms with Gasteiger partial charge in [0.2, 0.25) is 10.0 Å². The predicted octanol–water partition coefficient (Wildman–Crippen LogP) is 1.09. The lowest BCUT2D eigenvalue weighted by atomic mass is 9.99. The van der Waals surface area contributed by atoms with Gasteiger partial charge >= 0.3 is 11.9 Å². The molecule has 0 saturated heterocycles. The van der Waals surface area contributed by atoms with Gasteiger partial charge in [-0.05, 0) is 37.1 Å². The molecule has 0 bridgehead atoms. The fraction of sp³-hybridized carbons (Fsp3) is 0.333. The molecule has 11 nitrogen and oxygen atoms in total. The molecule has 1 unspecified atom stereocenters. The van der Waals surface area contributed by atoms with Gasteiger partial charge < -0.3 is 0 Å². The third-order valence-electron chi connectivity index (χ3n) is 6.45. The number of hydrogen-bond acceptors (Lipinski definition) is 7. The van der Waals surface area contributed by atoms with Gasteiger partial charge in [-0.25, -0.2) is 27.3 Å². The minimum Gasteiger partial charge on any atom is -0.275 e. The summed E-state index contributed by atoms with van der Waals surface area (Å²) >= 11 is 0. The van der Waals surface area contributed by atoms with E-state index >= 15 is 0 Å². The van der Waals surface area contributed by atoms with Crippen LogP contribution >= 0.6 is 0 Å². The van der Waals surface area contributed by atoms with Crippen molar-refractivity contribution in [3.8, 4) is 6.07 Å². The second-order valence-corrected chi connectivity index (χ2v) is 11.1. The number of hydrogen-bond donors (Lipinski definition) is 1. The van der Waals surface area contributed by atoms with E-state index in [9.17, 15) is 27.7 Å². The molecular formula is C24H23FN7O4S+. The van der Waals surface area contributed by atoms with E-state index in [-0.39, 0.29) is 30.1 Å². The van der Waals surface area contributed by atoms with Gasteiger partial charge in [-0.2, -0.15) is 24.6 Å². The maximum absolute atomic E-state index is 13.5. The summed E-state index contributed by atoms with van der Waals surface area (Å²) in [5, 5.41) is 12.0. The minimum absolute atomic E-state index is 0.0305. The number of pyridine rings is 1. The Morgan fingerprint density at radius 3 is 2.76 bits per heavy atom. The Kier molecular flexibility index (Phi) is 6.09. The highest BCUT2D eigenvalue weighted by Gasteiger charge is 2.49. The number of alkyl halides is 1. The van der Waals surface area contributed by atoms with Crippen molar-refractivity contribution in [2.45, 2.75) is 36.7 Å². The van der Waals surface area contributed by atoms with E-state index in [0.29, 0.717) is 24.1 Å². The molecule has 2 aromatic heterocycles. The number of sulfonamides is 1. The van der Waals surface area contributed by atoms with Gasteiger partial charge in [0.05, 0.1) is 17.4 Å². The number of urea groups is 1. The maximum Gasteiger partial charge on any atom is 0.502 e. The summed E-state index contributed by atoms with van der Waals surface area (Å²) in [6.45, 7) is -0.948. The molecule has 0 aromatic carbocycles. The number of carbonyl (C=O) groups excluding carboxylic acids is 2. The number of imide groups is 1. The van der Waals surface area contributed by atoms with Gasteiger partial charge in [-0.1, -0.05) is 12.1 Å². The monoisotopic (exact) mass is 524 g/mol. The van der Waals surface area contributed by atoms with Gasteiger partial charge in [0, 0.05) is 18.8 Å². The number of nitrogens with one attached hydrogen (secondary N) is 1. The van der Waals surface area contributed by atoms with Crippen LogP contribution in [0.25, 0.3) is 0 Å². The summed E-state index contributed by atoms with van der Waals surface area (Å²) < 4.78 is 44.7. The van der Waals surface area contributed by atoms with Crippen LogP contribution in [0.1, 0.15) is 29.8 Å². The fourth-order valence-corrected chi connectivity index (χ4v) is 5.87. The van der Waals surface area contributed by atoms with Crippen LogP contribution in [0, 0.1) is 11.3 Å². The van der Waals surface area contributed by atoms with E-state index in [4.69, 9.17) is 0 Å². The molecule has 0 spiro atoms. The smallest absolute Gasteiger partial charge is 0.275 e. The molecule has 2 aromatic rings. The van der Waals surface area contributed by atoms with Crippen LogP contribution in [-0.4, -0.2) is 67.8 Å². The van der Waals surface area contributed by atoms with E-state index in [2.05, 4.69) is 14.8 Å². The van der Waals surface area contributed by atoms with Crippen LogP contribution < -0.4 is 4.72 Å². The van der Waals surface area contributed by atoms with Crippen molar-refractivity contribution in [3.63, 3.8) is 0 Å². The second-order valence-electron chi connectivity index (χ2n) is 9.26. The van der Waals surface area contributed by atoms with E-state index in [1.807, 2.05) is 6.07 Å². The summed E-state index contributed by atoms with van der Waals surface area (Å²) in [6, 6.07) is 6.15. The van der Waals surface area contributed by atoms with Crippen molar-refractivity contribution in [1.82, 2.24) is 24.4 Å². The zero-order valence-corrected chi connectivity index (χ0v) is 20.7. The maximum atomic E-state index is 13.5. The Hall–Kier alpha value is -4.02. The van der Waals surface area contributed by atoms with Crippen molar-refractivity contribution in [2.75, 3.05) is 6.67 Å². The lowest BCUT2D eigenvalue weighted by Crippen LogP contribution is -2.51. The number of fused-ring (bicyclic) bond motifs is 1. The number of aryl methyl sites for hydroxylation is 1. The molecule has 3 amide bonds. The van der Waals surface area contributed by atoms with Crippen LogP contribution in [0.4, 0.5) is 9.18 Å². The zero-order chi connectivity index (χ0) is 26.4. The predicted molar refractivity (Wildman–Crippen MR) is 128 cm³/mol. The van der Waals surface area contributed by atoms with Gasteiger partial charge in [0.1, 0.15) is 48.1 Å². The third kappa shape index (κ3) is 4.73. The summed E-state index contributed by atoms with van der Waals surface area (Å²) in [6.07, 6.45) is 8.06. The standard InChI is InChI=1S/C24H23FN7O4S/c1-30-12-16(11-27-30)13-32-22(33)20-9-19(37(35,36)29-24(15-25)7-8-24)5-6-21(20)31(23(32)34)14-18-4-2-3-17(10-26)28-18/h2-6,9,11-12,19,29H,7-8,13-15H2,1H3/q+1. The van der Waals surface area contributed by atoms with Crippen molar-refractivity contribution in [2.24, 2.45) is 7.05 Å². The number of halogens is 1. The molecule has 1 fully saturated rings. The Bertz CT molecular complexity index is 1550. The van der Waals surface area contributed by atoms with E-state index in [1.54, 1.807) is 25.4 Å². The third-order valence-corrected chi connectivity index (χ3v) is 8.17. The van der Waals surface area contributed by atoms with Crippen molar-refractivity contribution < 1.29 is 27.0 Å². The number of nitrogens with zero attached hydrogens (tertiary/aromatic N) is 6. The molecule has 2 aliphatic carbocycles. The average molecular weight is 525 g/mol. The minimum atomic E-state index is -4.04. The van der Waals surface area contributed by atoms with Crippen LogP contribution in [0.3, 0.4) is 0 Å². The molecule has 1 N–H and O–H groups in total. The number of rotatable bonds is 8. The van der Waals surface area contributed by atoms with Crippen molar-refractivity contribution in [3.05, 3.63) is 71.3 Å². The first-order valence-electron chi connectivity index (χ1n) is 11.5. The normalized spacial score (nSPS) is 20.5. The molecule has 1 aliphatic heterocycles. The highest BCUT2D eigenvalue weighted by atomic mass is 32.2. The molecule has 5 rings (SSSR count). The van der Waals surface area contributed by atoms with Gasteiger partial charge in [0.25, 0.3) is 0 Å². The van der Waals surface area contributed by atoms with E-state index < -0.39 is 39.4 Å². The number of aromatic nitrogens is 3. The molecule has 1 atom stereocenters. The second kappa shape index (κ2) is 9.13. The molecule has 3 heterocycles. The molecule has 190 valence electrons. The average Bonchev–Trinajstić information content (AvgIpc) is 3.53. The summed E-state index contributed by atoms with van der Waals surface area (Å²) in [5.41, 5.74) is 0.358. The van der Waals surface area contributed by atoms with Crippen molar-refractivity contribution in [1.29, 1.82) is 5.26 Å². The molecule has 0 radical (unpaired) electrons. The first-order valence-corrected chi connectivity index (χ1v) is 13.0. The number of allylic oxidation sites excluding steroid dienone is 1. The van der Waals surface area contributed by atoms with E-state index in [1.165, 1.54) is 39.7 Å². The molecule has 37 heavy (non-hydrogen) atoms. The molecule has 1 saturated carbocycles. The first kappa shape index (κ1) is 24.7. The van der Waals surface area contributed by atoms with Gasteiger partial charge in [0.15, 0.2) is 0 Å². The fourth-order valence-electron chi connectivity index (χ4n) is 4.28. The molecule has 13 heteroatoms. The Labute approximate surface area is 212 Å². The molecule has 3 aliphatic rings. The summed E-state index contributed by atoms with van der Waals surface area (Å²) in [7, 11) is -2.33. The van der Waals surface area contributed by atoms with E-state index in [0.717, 1.165) is 4.90 Å². The Balaban J connectivity index is 1.55. The molecular weight excluding hydrogens is 501 g/mol.